The summed E-state index contributed by atoms with van der Waals surface area (Å²) in [6.07, 6.45) is -4.23. The van der Waals surface area contributed by atoms with Crippen LogP contribution in [-0.2, 0) is 11.0 Å². The average molecular weight is 435 g/mol. The molecule has 0 bridgehead atoms. The molecule has 2 rings (SSSR count). The van der Waals surface area contributed by atoms with Crippen LogP contribution in [0.4, 0.5) is 29.3 Å². The largest absolute Gasteiger partial charge is 0.416 e. The second-order valence-electron chi connectivity index (χ2n) is 8.58. The zero-order chi connectivity index (χ0) is 23.2. The van der Waals surface area contributed by atoms with E-state index in [2.05, 4.69) is 10.6 Å². The van der Waals surface area contributed by atoms with Gasteiger partial charge in [-0.05, 0) is 42.7 Å². The highest BCUT2D eigenvalue weighted by Gasteiger charge is 2.31. The molecule has 168 valence electrons. The van der Waals surface area contributed by atoms with E-state index in [-0.39, 0.29) is 30.1 Å². The van der Waals surface area contributed by atoms with Crippen molar-refractivity contribution in [2.24, 2.45) is 5.41 Å². The first-order valence-electron chi connectivity index (χ1n) is 9.94. The summed E-state index contributed by atoms with van der Waals surface area (Å²) in [7, 11) is 0. The SMILES string of the molecule is Cc1ccc(NC(=O)N(CCNC(=O)CC(C)(C)C)c2cccc(C(F)(F)F)c2)cc1. The van der Waals surface area contributed by atoms with Gasteiger partial charge in [0.2, 0.25) is 5.91 Å². The van der Waals surface area contributed by atoms with Gasteiger partial charge in [-0.3, -0.25) is 9.69 Å². The first kappa shape index (κ1) is 24.2. The van der Waals surface area contributed by atoms with Crippen LogP contribution < -0.4 is 15.5 Å². The molecule has 5 nitrogen and oxygen atoms in total. The molecular formula is C23H28F3N3O2. The van der Waals surface area contributed by atoms with Gasteiger partial charge in [-0.15, -0.1) is 0 Å². The summed E-state index contributed by atoms with van der Waals surface area (Å²) < 4.78 is 39.5. The molecule has 0 saturated heterocycles. The number of nitrogens with one attached hydrogen (secondary N) is 2. The lowest BCUT2D eigenvalue weighted by atomic mass is 9.92. The van der Waals surface area contributed by atoms with E-state index in [1.807, 2.05) is 39.8 Å². The van der Waals surface area contributed by atoms with Crippen LogP contribution in [0.3, 0.4) is 0 Å². The van der Waals surface area contributed by atoms with Crippen LogP contribution in [-0.4, -0.2) is 25.0 Å². The second-order valence-corrected chi connectivity index (χ2v) is 8.58. The Balaban J connectivity index is 2.19. The van der Waals surface area contributed by atoms with Gasteiger partial charge in [-0.25, -0.2) is 4.79 Å². The standard InChI is InChI=1S/C23H28F3N3O2/c1-16-8-10-18(11-9-16)28-21(31)29(13-12-27-20(30)15-22(2,3)4)19-7-5-6-17(14-19)23(24,25)26/h5-11,14H,12-13,15H2,1-4H3,(H,27,30)(H,28,31). The van der Waals surface area contributed by atoms with Crippen LogP contribution in [0, 0.1) is 12.3 Å². The highest BCUT2D eigenvalue weighted by atomic mass is 19.4. The fraction of sp³-hybridized carbons (Fsp3) is 0.391. The number of carbonyl (C=O) groups excluding carboxylic acids is 2. The maximum atomic E-state index is 13.2. The molecule has 2 aromatic rings. The Bertz CT molecular complexity index is 904. The van der Waals surface area contributed by atoms with Gasteiger partial charge in [0.05, 0.1) is 5.56 Å². The van der Waals surface area contributed by atoms with E-state index in [1.165, 1.54) is 17.0 Å². The fourth-order valence-corrected chi connectivity index (χ4v) is 2.88. The monoisotopic (exact) mass is 435 g/mol. The van der Waals surface area contributed by atoms with E-state index in [1.54, 1.807) is 12.1 Å². The van der Waals surface area contributed by atoms with Crippen LogP contribution in [0.25, 0.3) is 0 Å². The van der Waals surface area contributed by atoms with E-state index in [4.69, 9.17) is 0 Å². The number of nitrogens with zero attached hydrogens (tertiary/aromatic N) is 1. The zero-order valence-corrected chi connectivity index (χ0v) is 18.1. The third-order valence-electron chi connectivity index (χ3n) is 4.38. The maximum Gasteiger partial charge on any atom is 0.416 e. The van der Waals surface area contributed by atoms with Crippen molar-refractivity contribution < 1.29 is 22.8 Å². The number of hydrogen-bond donors (Lipinski definition) is 2. The minimum Gasteiger partial charge on any atom is -0.354 e. The van der Waals surface area contributed by atoms with Crippen molar-refractivity contribution in [3.05, 3.63) is 59.7 Å². The Hall–Kier alpha value is -3.03. The molecule has 0 radical (unpaired) electrons. The van der Waals surface area contributed by atoms with E-state index < -0.39 is 17.8 Å². The Kier molecular flexibility index (Phi) is 7.70. The minimum absolute atomic E-state index is 0.00882. The Morgan fingerprint density at radius 1 is 1.00 bits per heavy atom. The number of hydrogen-bond acceptors (Lipinski definition) is 2. The fourth-order valence-electron chi connectivity index (χ4n) is 2.88. The van der Waals surface area contributed by atoms with Gasteiger partial charge in [0.15, 0.2) is 0 Å². The van der Waals surface area contributed by atoms with Crippen LogP contribution in [0.5, 0.6) is 0 Å². The summed E-state index contributed by atoms with van der Waals surface area (Å²) in [4.78, 5) is 26.1. The Morgan fingerprint density at radius 3 is 2.23 bits per heavy atom. The molecule has 2 aromatic carbocycles. The lowest BCUT2D eigenvalue weighted by molar-refractivity contribution is -0.137. The molecule has 2 N–H and O–H groups in total. The number of alkyl halides is 3. The number of halogens is 3. The molecule has 0 fully saturated rings. The molecule has 0 saturated carbocycles. The third-order valence-corrected chi connectivity index (χ3v) is 4.38. The molecule has 31 heavy (non-hydrogen) atoms. The number of anilines is 2. The molecule has 3 amide bonds. The summed E-state index contributed by atoms with van der Waals surface area (Å²) in [6, 6.07) is 11.0. The second kappa shape index (κ2) is 9.85. The molecule has 0 aliphatic rings. The first-order valence-corrected chi connectivity index (χ1v) is 9.94. The van der Waals surface area contributed by atoms with Crippen molar-refractivity contribution in [1.29, 1.82) is 0 Å². The van der Waals surface area contributed by atoms with Gasteiger partial charge in [-0.1, -0.05) is 44.5 Å². The smallest absolute Gasteiger partial charge is 0.354 e. The van der Waals surface area contributed by atoms with Crippen molar-refractivity contribution in [3.63, 3.8) is 0 Å². The molecule has 0 aliphatic carbocycles. The molecule has 0 atom stereocenters. The van der Waals surface area contributed by atoms with Crippen LogP contribution in [0.15, 0.2) is 48.5 Å². The Labute approximate surface area is 180 Å². The molecule has 0 heterocycles. The van der Waals surface area contributed by atoms with Gasteiger partial charge in [0, 0.05) is 30.9 Å². The molecule has 0 unspecified atom stereocenters. The normalized spacial score (nSPS) is 11.7. The van der Waals surface area contributed by atoms with Gasteiger partial charge >= 0.3 is 12.2 Å². The summed E-state index contributed by atoms with van der Waals surface area (Å²) in [5.41, 5.74) is 0.561. The number of rotatable bonds is 6. The summed E-state index contributed by atoms with van der Waals surface area (Å²) in [6.45, 7) is 7.80. The summed E-state index contributed by atoms with van der Waals surface area (Å²) >= 11 is 0. The topological polar surface area (TPSA) is 61.4 Å². The number of aryl methyl sites for hydroxylation is 1. The van der Waals surface area contributed by atoms with E-state index in [0.717, 1.165) is 17.7 Å². The number of carbonyl (C=O) groups is 2. The van der Waals surface area contributed by atoms with Gasteiger partial charge in [0.25, 0.3) is 0 Å². The predicted octanol–water partition coefficient (Wildman–Crippen LogP) is 5.60. The van der Waals surface area contributed by atoms with E-state index in [9.17, 15) is 22.8 Å². The predicted molar refractivity (Wildman–Crippen MR) is 116 cm³/mol. The zero-order valence-electron chi connectivity index (χ0n) is 18.1. The average Bonchev–Trinajstić information content (AvgIpc) is 2.65. The van der Waals surface area contributed by atoms with Crippen molar-refractivity contribution in [2.45, 2.75) is 40.3 Å². The quantitative estimate of drug-likeness (QED) is 0.620. The molecule has 8 heteroatoms. The number of urea groups is 1. The van der Waals surface area contributed by atoms with Gasteiger partial charge < -0.3 is 10.6 Å². The van der Waals surface area contributed by atoms with Crippen LogP contribution in [0.1, 0.15) is 38.3 Å². The molecule has 0 spiro atoms. The van der Waals surface area contributed by atoms with E-state index >= 15 is 0 Å². The number of benzene rings is 2. The van der Waals surface area contributed by atoms with Crippen molar-refractivity contribution in [2.75, 3.05) is 23.3 Å². The van der Waals surface area contributed by atoms with Crippen LogP contribution in [0.2, 0.25) is 0 Å². The lowest BCUT2D eigenvalue weighted by Gasteiger charge is -2.25. The maximum absolute atomic E-state index is 13.2. The van der Waals surface area contributed by atoms with Crippen molar-refractivity contribution in [3.8, 4) is 0 Å². The summed E-state index contributed by atoms with van der Waals surface area (Å²) in [5.74, 6) is -0.185. The number of amides is 3. The van der Waals surface area contributed by atoms with Crippen molar-refractivity contribution >= 4 is 23.3 Å². The lowest BCUT2D eigenvalue weighted by Crippen LogP contribution is -2.41. The molecule has 0 aliphatic heterocycles. The third kappa shape index (κ3) is 7.96. The minimum atomic E-state index is -4.53. The van der Waals surface area contributed by atoms with Gasteiger partial charge in [0.1, 0.15) is 0 Å². The highest BCUT2D eigenvalue weighted by molar-refractivity contribution is 6.01. The highest BCUT2D eigenvalue weighted by Crippen LogP contribution is 2.31. The molecular weight excluding hydrogens is 407 g/mol. The van der Waals surface area contributed by atoms with Crippen molar-refractivity contribution in [1.82, 2.24) is 5.32 Å². The van der Waals surface area contributed by atoms with Crippen LogP contribution >= 0.6 is 0 Å². The summed E-state index contributed by atoms with van der Waals surface area (Å²) in [5, 5.41) is 5.42. The Morgan fingerprint density at radius 2 is 1.65 bits per heavy atom. The molecule has 0 aromatic heterocycles. The van der Waals surface area contributed by atoms with Gasteiger partial charge in [-0.2, -0.15) is 13.2 Å². The van der Waals surface area contributed by atoms with E-state index in [0.29, 0.717) is 12.1 Å². The first-order chi connectivity index (χ1) is 14.3.